The van der Waals surface area contributed by atoms with Gasteiger partial charge in [0.25, 0.3) is 0 Å². The van der Waals surface area contributed by atoms with Gasteiger partial charge >= 0.3 is 0 Å². The maximum absolute atomic E-state index is 12.4. The molecule has 1 amide bonds. The Kier molecular flexibility index (Phi) is 5.59. The van der Waals surface area contributed by atoms with E-state index in [-0.39, 0.29) is 5.91 Å². The van der Waals surface area contributed by atoms with E-state index in [1.54, 1.807) is 12.4 Å². The van der Waals surface area contributed by atoms with Gasteiger partial charge in [0.2, 0.25) is 5.91 Å². The van der Waals surface area contributed by atoms with Gasteiger partial charge in [0.1, 0.15) is 5.82 Å². The zero-order valence-corrected chi connectivity index (χ0v) is 14.2. The standard InChI is InChI=1S/C18H25N5O/c1-21(15-17-19-8-5-9-20-17)16-7-13-23(14-16)18(24)6-4-12-22-10-2-3-11-22/h2-3,5,8-11,16H,4,6-7,12-15H2,1H3/t16-/m1/s1. The number of carbonyl (C=O) groups is 1. The number of rotatable bonds is 7. The molecule has 0 saturated carbocycles. The first-order valence-electron chi connectivity index (χ1n) is 8.57. The van der Waals surface area contributed by atoms with Gasteiger partial charge in [0, 0.05) is 56.9 Å². The lowest BCUT2D eigenvalue weighted by atomic mass is 10.2. The zero-order chi connectivity index (χ0) is 16.8. The Morgan fingerprint density at radius 1 is 1.25 bits per heavy atom. The molecule has 128 valence electrons. The Balaban J connectivity index is 1.41. The number of nitrogens with zero attached hydrogens (tertiary/aromatic N) is 5. The first kappa shape index (κ1) is 16.6. The van der Waals surface area contributed by atoms with Crippen LogP contribution in [0.15, 0.2) is 43.0 Å². The highest BCUT2D eigenvalue weighted by molar-refractivity contribution is 5.76. The third-order valence-corrected chi connectivity index (χ3v) is 4.62. The Labute approximate surface area is 143 Å². The van der Waals surface area contributed by atoms with Crippen LogP contribution < -0.4 is 0 Å². The highest BCUT2D eigenvalue weighted by Crippen LogP contribution is 2.17. The fourth-order valence-corrected chi connectivity index (χ4v) is 3.18. The van der Waals surface area contributed by atoms with E-state index in [4.69, 9.17) is 0 Å². The van der Waals surface area contributed by atoms with Crippen LogP contribution in [-0.2, 0) is 17.9 Å². The maximum atomic E-state index is 12.4. The minimum atomic E-state index is 0.272. The molecule has 0 aliphatic carbocycles. The van der Waals surface area contributed by atoms with Crippen LogP contribution in [0.2, 0.25) is 0 Å². The van der Waals surface area contributed by atoms with Crippen molar-refractivity contribution in [1.29, 1.82) is 0 Å². The summed E-state index contributed by atoms with van der Waals surface area (Å²) in [6.07, 6.45) is 10.1. The lowest BCUT2D eigenvalue weighted by Gasteiger charge is -2.24. The summed E-state index contributed by atoms with van der Waals surface area (Å²) >= 11 is 0. The molecule has 1 saturated heterocycles. The van der Waals surface area contributed by atoms with E-state index in [1.165, 1.54) is 0 Å². The molecule has 3 heterocycles. The van der Waals surface area contributed by atoms with E-state index in [1.807, 2.05) is 35.5 Å². The predicted molar refractivity (Wildman–Crippen MR) is 92.2 cm³/mol. The second-order valence-electron chi connectivity index (χ2n) is 6.39. The number of hydrogen-bond acceptors (Lipinski definition) is 4. The topological polar surface area (TPSA) is 54.3 Å². The van der Waals surface area contributed by atoms with Crippen molar-refractivity contribution < 1.29 is 4.79 Å². The molecule has 0 unspecified atom stereocenters. The van der Waals surface area contributed by atoms with Crippen LogP contribution in [0.1, 0.15) is 25.1 Å². The zero-order valence-electron chi connectivity index (χ0n) is 14.2. The number of likely N-dealkylation sites (N-methyl/N-ethyl adjacent to an activating group) is 1. The lowest BCUT2D eigenvalue weighted by Crippen LogP contribution is -2.36. The number of likely N-dealkylation sites (tertiary alicyclic amines) is 1. The van der Waals surface area contributed by atoms with Crippen LogP contribution in [0.5, 0.6) is 0 Å². The molecule has 3 rings (SSSR count). The van der Waals surface area contributed by atoms with E-state index in [0.29, 0.717) is 12.5 Å². The van der Waals surface area contributed by atoms with Crippen molar-refractivity contribution in [3.05, 3.63) is 48.8 Å². The smallest absolute Gasteiger partial charge is 0.222 e. The third kappa shape index (κ3) is 4.41. The van der Waals surface area contributed by atoms with E-state index in [9.17, 15) is 4.79 Å². The minimum Gasteiger partial charge on any atom is -0.354 e. The van der Waals surface area contributed by atoms with E-state index < -0.39 is 0 Å². The average Bonchev–Trinajstić information content (AvgIpc) is 3.27. The molecule has 0 radical (unpaired) electrons. The molecule has 0 bridgehead atoms. The summed E-state index contributed by atoms with van der Waals surface area (Å²) in [6.45, 7) is 3.29. The van der Waals surface area contributed by atoms with Crippen LogP contribution in [0.3, 0.4) is 0 Å². The van der Waals surface area contributed by atoms with Crippen molar-refractivity contribution >= 4 is 5.91 Å². The molecule has 0 N–H and O–H groups in total. The fraction of sp³-hybridized carbons (Fsp3) is 0.500. The first-order valence-corrected chi connectivity index (χ1v) is 8.57. The van der Waals surface area contributed by atoms with Crippen molar-refractivity contribution in [3.63, 3.8) is 0 Å². The first-order chi connectivity index (χ1) is 11.7. The third-order valence-electron chi connectivity index (χ3n) is 4.62. The molecule has 0 aromatic carbocycles. The Morgan fingerprint density at radius 2 is 2.00 bits per heavy atom. The Bertz CT molecular complexity index is 628. The van der Waals surface area contributed by atoms with Gasteiger partial charge in [0.15, 0.2) is 0 Å². The van der Waals surface area contributed by atoms with Crippen LogP contribution in [0.4, 0.5) is 0 Å². The summed E-state index contributed by atoms with van der Waals surface area (Å²) in [7, 11) is 2.08. The number of aryl methyl sites for hydroxylation is 1. The number of amides is 1. The summed E-state index contributed by atoms with van der Waals surface area (Å²) in [5.41, 5.74) is 0. The van der Waals surface area contributed by atoms with Crippen LogP contribution in [-0.4, -0.2) is 56.4 Å². The Morgan fingerprint density at radius 3 is 2.75 bits per heavy atom. The van der Waals surface area contributed by atoms with Gasteiger partial charge < -0.3 is 9.47 Å². The maximum Gasteiger partial charge on any atom is 0.222 e. The second-order valence-corrected chi connectivity index (χ2v) is 6.39. The van der Waals surface area contributed by atoms with Gasteiger partial charge in [-0.15, -0.1) is 0 Å². The molecule has 1 fully saturated rings. The highest BCUT2D eigenvalue weighted by Gasteiger charge is 2.28. The summed E-state index contributed by atoms with van der Waals surface area (Å²) in [4.78, 5) is 25.2. The molecule has 2 aromatic rings. The Hall–Kier alpha value is -2.21. The quantitative estimate of drug-likeness (QED) is 0.778. The van der Waals surface area contributed by atoms with Gasteiger partial charge in [-0.1, -0.05) is 0 Å². The van der Waals surface area contributed by atoms with Crippen molar-refractivity contribution in [2.24, 2.45) is 0 Å². The normalized spacial score (nSPS) is 17.6. The van der Waals surface area contributed by atoms with Crippen molar-refractivity contribution in [2.45, 2.75) is 38.4 Å². The van der Waals surface area contributed by atoms with Gasteiger partial charge in [0.05, 0.1) is 6.54 Å². The average molecular weight is 327 g/mol. The number of aromatic nitrogens is 3. The molecule has 6 nitrogen and oxygen atoms in total. The molecule has 1 atom stereocenters. The summed E-state index contributed by atoms with van der Waals surface area (Å²) in [5, 5.41) is 0. The van der Waals surface area contributed by atoms with E-state index in [2.05, 4.69) is 26.5 Å². The number of carbonyl (C=O) groups excluding carboxylic acids is 1. The molecule has 2 aromatic heterocycles. The van der Waals surface area contributed by atoms with Crippen molar-refractivity contribution in [3.8, 4) is 0 Å². The van der Waals surface area contributed by atoms with Crippen molar-refractivity contribution in [2.75, 3.05) is 20.1 Å². The minimum absolute atomic E-state index is 0.272. The van der Waals surface area contributed by atoms with Gasteiger partial charge in [-0.3, -0.25) is 9.69 Å². The van der Waals surface area contributed by atoms with Crippen molar-refractivity contribution in [1.82, 2.24) is 24.3 Å². The highest BCUT2D eigenvalue weighted by atomic mass is 16.2. The van der Waals surface area contributed by atoms with Gasteiger partial charge in [-0.25, -0.2) is 9.97 Å². The monoisotopic (exact) mass is 327 g/mol. The largest absolute Gasteiger partial charge is 0.354 e. The summed E-state index contributed by atoms with van der Waals surface area (Å²) < 4.78 is 2.12. The lowest BCUT2D eigenvalue weighted by molar-refractivity contribution is -0.130. The molecule has 1 aliphatic rings. The van der Waals surface area contributed by atoms with E-state index in [0.717, 1.165) is 44.8 Å². The summed E-state index contributed by atoms with van der Waals surface area (Å²) in [6, 6.07) is 6.24. The van der Waals surface area contributed by atoms with Crippen LogP contribution in [0.25, 0.3) is 0 Å². The molecular weight excluding hydrogens is 302 g/mol. The summed E-state index contributed by atoms with van der Waals surface area (Å²) in [5.74, 6) is 1.10. The molecule has 0 spiro atoms. The predicted octanol–water partition coefficient (Wildman–Crippen LogP) is 1.79. The van der Waals surface area contributed by atoms with E-state index >= 15 is 0 Å². The molecule has 6 heteroatoms. The molecule has 1 aliphatic heterocycles. The van der Waals surface area contributed by atoms with Crippen LogP contribution >= 0.6 is 0 Å². The SMILES string of the molecule is CN(Cc1ncccn1)[C@@H]1CCN(C(=O)CCCn2cccc2)C1. The van der Waals surface area contributed by atoms with Gasteiger partial charge in [-0.2, -0.15) is 0 Å². The molecular formula is C18H25N5O. The number of hydrogen-bond donors (Lipinski definition) is 0. The molecule has 24 heavy (non-hydrogen) atoms. The van der Waals surface area contributed by atoms with Gasteiger partial charge in [-0.05, 0) is 38.1 Å². The fourth-order valence-electron chi connectivity index (χ4n) is 3.18. The van der Waals surface area contributed by atoms with Crippen LogP contribution in [0, 0.1) is 0 Å². The second kappa shape index (κ2) is 8.06.